The lowest BCUT2D eigenvalue weighted by molar-refractivity contribution is -0.131. The Hall–Kier alpha value is -3.13. The summed E-state index contributed by atoms with van der Waals surface area (Å²) in [5, 5.41) is 2.55. The molecule has 0 saturated heterocycles. The maximum absolute atomic E-state index is 13.4. The molecule has 3 rings (SSSR count). The summed E-state index contributed by atoms with van der Waals surface area (Å²) in [7, 11) is 1.89. The zero-order chi connectivity index (χ0) is 24.7. The third-order valence-electron chi connectivity index (χ3n) is 6.10. The van der Waals surface area contributed by atoms with E-state index in [0.29, 0.717) is 11.7 Å². The summed E-state index contributed by atoms with van der Waals surface area (Å²) in [6.45, 7) is 1.56. The molecule has 1 N–H and O–H groups in total. The van der Waals surface area contributed by atoms with E-state index in [1.807, 2.05) is 11.9 Å². The van der Waals surface area contributed by atoms with Crippen LogP contribution in [0.1, 0.15) is 44.6 Å². The van der Waals surface area contributed by atoms with Gasteiger partial charge in [-0.2, -0.15) is 0 Å². The van der Waals surface area contributed by atoms with Gasteiger partial charge in [-0.1, -0.05) is 37.5 Å². The van der Waals surface area contributed by atoms with Crippen LogP contribution in [0.5, 0.6) is 0 Å². The summed E-state index contributed by atoms with van der Waals surface area (Å²) >= 11 is 0. The number of imide groups is 1. The number of amides is 3. The minimum atomic E-state index is -1.02. The summed E-state index contributed by atoms with van der Waals surface area (Å²) in [4.78, 5) is 42.1. The first-order chi connectivity index (χ1) is 16.2. The van der Waals surface area contributed by atoms with Crippen LogP contribution in [0.25, 0.3) is 0 Å². The summed E-state index contributed by atoms with van der Waals surface area (Å²) in [6, 6.07) is 10.7. The molecule has 0 bridgehead atoms. The van der Waals surface area contributed by atoms with Crippen molar-refractivity contribution in [3.63, 3.8) is 0 Å². The monoisotopic (exact) mass is 471 g/mol. The first-order valence-corrected chi connectivity index (χ1v) is 11.6. The number of carbonyl (C=O) groups is 3. The van der Waals surface area contributed by atoms with Crippen molar-refractivity contribution < 1.29 is 23.2 Å². The summed E-state index contributed by atoms with van der Waals surface area (Å²) in [5.41, 5.74) is 0.572. The number of hydrogen-bond donors (Lipinski definition) is 1. The number of rotatable bonds is 8. The molecular formula is C26H31F2N3O3. The molecule has 1 atom stereocenters. The molecule has 1 fully saturated rings. The molecule has 0 radical (unpaired) electrons. The van der Waals surface area contributed by atoms with Gasteiger partial charge in [-0.3, -0.25) is 19.3 Å². The van der Waals surface area contributed by atoms with Crippen LogP contribution in [0, 0.1) is 11.6 Å². The number of benzene rings is 2. The fraction of sp³-hybridized carbons (Fsp3) is 0.423. The quantitative estimate of drug-likeness (QED) is 0.635. The zero-order valence-electron chi connectivity index (χ0n) is 19.6. The van der Waals surface area contributed by atoms with Crippen LogP contribution in [0.15, 0.2) is 48.5 Å². The highest BCUT2D eigenvalue weighted by Crippen LogP contribution is 2.22. The molecule has 1 aliphatic carbocycles. The molecule has 0 spiro atoms. The largest absolute Gasteiger partial charge is 0.344 e. The molecule has 2 aromatic rings. The van der Waals surface area contributed by atoms with Crippen molar-refractivity contribution in [3.05, 3.63) is 65.7 Å². The maximum Gasteiger partial charge on any atom is 0.256 e. The molecule has 0 heterocycles. The van der Waals surface area contributed by atoms with Gasteiger partial charge in [0.2, 0.25) is 11.8 Å². The molecule has 0 unspecified atom stereocenters. The van der Waals surface area contributed by atoms with Gasteiger partial charge in [0.1, 0.15) is 17.7 Å². The third kappa shape index (κ3) is 6.93. The Balaban J connectivity index is 1.70. The van der Waals surface area contributed by atoms with Crippen LogP contribution in [-0.4, -0.2) is 48.3 Å². The molecule has 182 valence electrons. The average Bonchev–Trinajstić information content (AvgIpc) is 2.79. The van der Waals surface area contributed by atoms with Gasteiger partial charge < -0.3 is 5.32 Å². The molecule has 1 aliphatic rings. The van der Waals surface area contributed by atoms with E-state index in [9.17, 15) is 23.2 Å². The van der Waals surface area contributed by atoms with Gasteiger partial charge >= 0.3 is 0 Å². The Morgan fingerprint density at radius 1 is 1.00 bits per heavy atom. The van der Waals surface area contributed by atoms with Crippen molar-refractivity contribution in [3.8, 4) is 0 Å². The lowest BCUT2D eigenvalue weighted by Gasteiger charge is -2.32. The summed E-state index contributed by atoms with van der Waals surface area (Å²) in [5.74, 6) is -3.10. The molecular weight excluding hydrogens is 440 g/mol. The van der Waals surface area contributed by atoms with Crippen molar-refractivity contribution in [2.24, 2.45) is 0 Å². The third-order valence-corrected chi connectivity index (χ3v) is 6.10. The summed E-state index contributed by atoms with van der Waals surface area (Å²) in [6.07, 6.45) is 5.21. The van der Waals surface area contributed by atoms with Crippen molar-refractivity contribution in [1.82, 2.24) is 10.2 Å². The van der Waals surface area contributed by atoms with E-state index in [4.69, 9.17) is 0 Å². The van der Waals surface area contributed by atoms with E-state index < -0.39 is 29.5 Å². The van der Waals surface area contributed by atoms with Gasteiger partial charge in [0.15, 0.2) is 0 Å². The maximum atomic E-state index is 13.4. The van der Waals surface area contributed by atoms with E-state index in [1.54, 1.807) is 30.3 Å². The Labute approximate surface area is 198 Å². The van der Waals surface area contributed by atoms with Crippen molar-refractivity contribution in [2.75, 3.05) is 18.5 Å². The van der Waals surface area contributed by atoms with Gasteiger partial charge in [0, 0.05) is 12.1 Å². The smallest absolute Gasteiger partial charge is 0.256 e. The number of nitrogens with one attached hydrogen (secondary N) is 1. The molecule has 0 aliphatic heterocycles. The Morgan fingerprint density at radius 3 is 2.24 bits per heavy atom. The number of para-hydroxylation sites is 1. The van der Waals surface area contributed by atoms with Crippen LogP contribution < -0.4 is 10.2 Å². The minimum Gasteiger partial charge on any atom is -0.344 e. The normalized spacial score (nSPS) is 15.1. The fourth-order valence-electron chi connectivity index (χ4n) is 4.35. The predicted molar refractivity (Wildman–Crippen MR) is 126 cm³/mol. The van der Waals surface area contributed by atoms with Gasteiger partial charge in [-0.15, -0.1) is 0 Å². The van der Waals surface area contributed by atoms with Crippen LogP contribution in [-0.2, 0) is 20.8 Å². The number of halogens is 2. The van der Waals surface area contributed by atoms with E-state index in [0.717, 1.165) is 48.8 Å². The van der Waals surface area contributed by atoms with E-state index in [1.165, 1.54) is 13.3 Å². The highest BCUT2D eigenvalue weighted by atomic mass is 19.1. The number of nitrogens with zero attached hydrogens (tertiary/aromatic N) is 2. The summed E-state index contributed by atoms with van der Waals surface area (Å²) < 4.78 is 26.8. The van der Waals surface area contributed by atoms with Gasteiger partial charge in [0.05, 0.1) is 18.7 Å². The zero-order valence-corrected chi connectivity index (χ0v) is 19.6. The highest BCUT2D eigenvalue weighted by molar-refractivity contribution is 6.17. The number of anilines is 1. The lowest BCUT2D eigenvalue weighted by Crippen LogP contribution is -2.52. The standard InChI is InChI=1S/C26H31F2N3O3/c1-18(29-24(32)15-19-13-20(27)16-21(28)14-19)26(34)31(23-11-7-4-8-12-23)25(33)17-30(2)22-9-5-3-6-10-22/h4,7-8,11-14,16,18,22H,3,5-6,9-10,15,17H2,1-2H3,(H,29,32)/t18-/m0/s1. The van der Waals surface area contributed by atoms with Crippen LogP contribution in [0.2, 0.25) is 0 Å². The van der Waals surface area contributed by atoms with Gasteiger partial charge in [-0.25, -0.2) is 13.7 Å². The molecule has 6 nitrogen and oxygen atoms in total. The van der Waals surface area contributed by atoms with Gasteiger partial charge in [0.25, 0.3) is 5.91 Å². The predicted octanol–water partition coefficient (Wildman–Crippen LogP) is 3.84. The van der Waals surface area contributed by atoms with E-state index >= 15 is 0 Å². The molecule has 0 aromatic heterocycles. The second-order valence-corrected chi connectivity index (χ2v) is 8.85. The Bertz CT molecular complexity index is 989. The molecule has 2 aromatic carbocycles. The Kier molecular flexibility index (Phi) is 8.87. The van der Waals surface area contributed by atoms with E-state index in [2.05, 4.69) is 5.32 Å². The number of carbonyl (C=O) groups excluding carboxylic acids is 3. The molecule has 34 heavy (non-hydrogen) atoms. The fourth-order valence-corrected chi connectivity index (χ4v) is 4.35. The highest BCUT2D eigenvalue weighted by Gasteiger charge is 2.30. The number of hydrogen-bond acceptors (Lipinski definition) is 4. The second-order valence-electron chi connectivity index (χ2n) is 8.85. The molecule has 3 amide bonds. The second kappa shape index (κ2) is 11.8. The first-order valence-electron chi connectivity index (χ1n) is 11.6. The van der Waals surface area contributed by atoms with Crippen LogP contribution >= 0.6 is 0 Å². The Morgan fingerprint density at radius 2 is 1.62 bits per heavy atom. The van der Waals surface area contributed by atoms with Crippen LogP contribution in [0.4, 0.5) is 14.5 Å². The van der Waals surface area contributed by atoms with Crippen molar-refractivity contribution in [1.29, 1.82) is 0 Å². The topological polar surface area (TPSA) is 69.7 Å². The van der Waals surface area contributed by atoms with Gasteiger partial charge in [-0.05, 0) is 56.6 Å². The SMILES string of the molecule is C[C@H](NC(=O)Cc1cc(F)cc(F)c1)C(=O)N(C(=O)CN(C)C1CCCCC1)c1ccccc1. The average molecular weight is 472 g/mol. The van der Waals surface area contributed by atoms with Crippen molar-refractivity contribution >= 4 is 23.4 Å². The number of likely N-dealkylation sites (N-methyl/N-ethyl adjacent to an activating group) is 1. The van der Waals surface area contributed by atoms with Crippen molar-refractivity contribution in [2.45, 2.75) is 57.5 Å². The first kappa shape index (κ1) is 25.5. The minimum absolute atomic E-state index is 0.0779. The molecule has 8 heteroatoms. The van der Waals surface area contributed by atoms with Crippen LogP contribution in [0.3, 0.4) is 0 Å². The molecule has 1 saturated carbocycles. The lowest BCUT2D eigenvalue weighted by atomic mass is 9.94. The van der Waals surface area contributed by atoms with E-state index in [-0.39, 0.29) is 24.4 Å².